The van der Waals surface area contributed by atoms with E-state index in [-0.39, 0.29) is 6.04 Å². The molecule has 2 heterocycles. The van der Waals surface area contributed by atoms with E-state index in [1.54, 1.807) is 6.20 Å². The van der Waals surface area contributed by atoms with Gasteiger partial charge in [-0.25, -0.2) is 0 Å². The molecule has 2 aromatic rings. The maximum Gasteiger partial charge on any atom is 0.0931 e. The Balaban J connectivity index is 2.28. The Bertz CT molecular complexity index is 455. The number of rotatable bonds is 2. The van der Waals surface area contributed by atoms with E-state index in [9.17, 15) is 0 Å². The fourth-order valence-corrected chi connectivity index (χ4v) is 2.52. The molecule has 2 rings (SSSR count). The minimum absolute atomic E-state index is 0.199. The van der Waals surface area contributed by atoms with Gasteiger partial charge in [-0.2, -0.15) is 0 Å². The van der Waals surface area contributed by atoms with Gasteiger partial charge in [-0.1, -0.05) is 11.6 Å². The zero-order chi connectivity index (χ0) is 10.8. The van der Waals surface area contributed by atoms with Crippen molar-refractivity contribution in [2.24, 2.45) is 5.73 Å². The van der Waals surface area contributed by atoms with Crippen molar-refractivity contribution in [3.63, 3.8) is 0 Å². The highest BCUT2D eigenvalue weighted by Crippen LogP contribution is 2.28. The van der Waals surface area contributed by atoms with Crippen LogP contribution in [-0.2, 0) is 0 Å². The number of halogens is 2. The molecule has 2 aromatic heterocycles. The first-order chi connectivity index (χ1) is 7.16. The molecule has 78 valence electrons. The van der Waals surface area contributed by atoms with E-state index in [0.717, 1.165) is 19.4 Å². The first kappa shape index (κ1) is 11.1. The molecule has 0 aliphatic rings. The number of nitrogens with two attached hydrogens (primary N) is 1. The normalized spacial score (nSPS) is 12.7. The van der Waals surface area contributed by atoms with Crippen molar-refractivity contribution in [3.8, 4) is 0 Å². The Kier molecular flexibility index (Phi) is 3.41. The lowest BCUT2D eigenvalue weighted by molar-refractivity contribution is 0.846. The third kappa shape index (κ3) is 2.58. The van der Waals surface area contributed by atoms with Gasteiger partial charge in [0.15, 0.2) is 0 Å². The van der Waals surface area contributed by atoms with Crippen LogP contribution in [0.15, 0.2) is 34.9 Å². The van der Waals surface area contributed by atoms with Gasteiger partial charge in [0, 0.05) is 15.5 Å². The van der Waals surface area contributed by atoms with Gasteiger partial charge in [0.25, 0.3) is 0 Å². The number of hydrogen-bond donors (Lipinski definition) is 1. The van der Waals surface area contributed by atoms with Crippen LogP contribution in [0.3, 0.4) is 0 Å². The molecule has 0 spiro atoms. The number of aromatic nitrogens is 1. The highest BCUT2D eigenvalue weighted by atomic mass is 79.9. The summed E-state index contributed by atoms with van der Waals surface area (Å²) >= 11 is 10.7. The van der Waals surface area contributed by atoms with Gasteiger partial charge in [0.1, 0.15) is 0 Å². The van der Waals surface area contributed by atoms with Gasteiger partial charge in [-0.05, 0) is 40.2 Å². The fraction of sp³-hybridized carbons (Fsp3) is 0.100. The predicted octanol–water partition coefficient (Wildman–Crippen LogP) is 3.61. The highest BCUT2D eigenvalue weighted by Gasteiger charge is 2.12. The average Bonchev–Trinajstić information content (AvgIpc) is 2.65. The van der Waals surface area contributed by atoms with Crippen LogP contribution in [0.2, 0.25) is 4.34 Å². The van der Waals surface area contributed by atoms with Crippen LogP contribution >= 0.6 is 38.9 Å². The zero-order valence-electron chi connectivity index (χ0n) is 7.65. The first-order valence-electron chi connectivity index (χ1n) is 4.29. The molecule has 0 bridgehead atoms. The van der Waals surface area contributed by atoms with Crippen molar-refractivity contribution >= 4 is 38.9 Å². The van der Waals surface area contributed by atoms with E-state index in [2.05, 4.69) is 20.9 Å². The lowest BCUT2D eigenvalue weighted by atomic mass is 10.2. The summed E-state index contributed by atoms with van der Waals surface area (Å²) in [5, 5.41) is 0. The molecule has 0 aliphatic carbocycles. The topological polar surface area (TPSA) is 38.9 Å². The van der Waals surface area contributed by atoms with Crippen LogP contribution in [0.1, 0.15) is 16.6 Å². The van der Waals surface area contributed by atoms with Crippen molar-refractivity contribution in [1.29, 1.82) is 0 Å². The Morgan fingerprint density at radius 1 is 1.33 bits per heavy atom. The monoisotopic (exact) mass is 302 g/mol. The average molecular weight is 304 g/mol. The van der Waals surface area contributed by atoms with Crippen molar-refractivity contribution < 1.29 is 0 Å². The second-order valence-corrected chi connectivity index (χ2v) is 5.68. The molecule has 0 amide bonds. The Morgan fingerprint density at radius 3 is 2.67 bits per heavy atom. The summed E-state index contributed by atoms with van der Waals surface area (Å²) in [4.78, 5) is 5.28. The lowest BCUT2D eigenvalue weighted by Gasteiger charge is -2.08. The summed E-state index contributed by atoms with van der Waals surface area (Å²) in [6.45, 7) is 0. The number of nitrogens with zero attached hydrogens (tertiary/aromatic N) is 1. The molecule has 0 saturated carbocycles. The molecule has 2 N–H and O–H groups in total. The molecule has 5 heteroatoms. The maximum atomic E-state index is 6.05. The Labute approximate surface area is 105 Å². The SMILES string of the molecule is NC(c1ccc(Br)cn1)c1ccc(Cl)s1. The predicted molar refractivity (Wildman–Crippen MR) is 67.3 cm³/mol. The van der Waals surface area contributed by atoms with Crippen LogP contribution in [0.5, 0.6) is 0 Å². The van der Waals surface area contributed by atoms with Crippen molar-refractivity contribution in [2.75, 3.05) is 0 Å². The van der Waals surface area contributed by atoms with Crippen molar-refractivity contribution in [1.82, 2.24) is 4.98 Å². The van der Waals surface area contributed by atoms with Gasteiger partial charge in [0.05, 0.1) is 16.1 Å². The van der Waals surface area contributed by atoms with Crippen molar-refractivity contribution in [3.05, 3.63) is 49.8 Å². The Hall–Kier alpha value is -0.420. The van der Waals surface area contributed by atoms with Crippen LogP contribution < -0.4 is 5.73 Å². The summed E-state index contributed by atoms with van der Waals surface area (Å²) in [6, 6.07) is 7.41. The number of hydrogen-bond acceptors (Lipinski definition) is 3. The van der Waals surface area contributed by atoms with E-state index < -0.39 is 0 Å². The molecule has 15 heavy (non-hydrogen) atoms. The lowest BCUT2D eigenvalue weighted by Crippen LogP contribution is -2.11. The summed E-state index contributed by atoms with van der Waals surface area (Å²) in [5.74, 6) is 0. The molecular formula is C10H8BrClN2S. The molecule has 1 unspecified atom stereocenters. The maximum absolute atomic E-state index is 6.05. The third-order valence-electron chi connectivity index (χ3n) is 1.97. The van der Waals surface area contributed by atoms with Crippen molar-refractivity contribution in [2.45, 2.75) is 6.04 Å². The minimum atomic E-state index is -0.199. The van der Waals surface area contributed by atoms with E-state index in [0.29, 0.717) is 0 Å². The van der Waals surface area contributed by atoms with E-state index in [1.807, 2.05) is 24.3 Å². The molecule has 0 aromatic carbocycles. The molecule has 0 radical (unpaired) electrons. The smallest absolute Gasteiger partial charge is 0.0931 e. The molecule has 0 fully saturated rings. The standard InChI is InChI=1S/C10H8BrClN2S/c11-6-1-2-7(14-5-6)10(13)8-3-4-9(12)15-8/h1-5,10H,13H2. The van der Waals surface area contributed by atoms with Gasteiger partial charge < -0.3 is 5.73 Å². The van der Waals surface area contributed by atoms with Gasteiger partial charge in [-0.3, -0.25) is 4.98 Å². The summed E-state index contributed by atoms with van der Waals surface area (Å²) in [7, 11) is 0. The highest BCUT2D eigenvalue weighted by molar-refractivity contribution is 9.10. The molecule has 0 saturated heterocycles. The molecule has 2 nitrogen and oxygen atoms in total. The zero-order valence-corrected chi connectivity index (χ0v) is 10.8. The third-order valence-corrected chi connectivity index (χ3v) is 3.75. The second-order valence-electron chi connectivity index (χ2n) is 3.02. The summed E-state index contributed by atoms with van der Waals surface area (Å²) in [6.07, 6.45) is 1.74. The first-order valence-corrected chi connectivity index (χ1v) is 6.28. The largest absolute Gasteiger partial charge is 0.318 e. The van der Waals surface area contributed by atoms with Crippen LogP contribution in [0.25, 0.3) is 0 Å². The van der Waals surface area contributed by atoms with Gasteiger partial charge in [-0.15, -0.1) is 11.3 Å². The van der Waals surface area contributed by atoms with E-state index >= 15 is 0 Å². The molecule has 0 aliphatic heterocycles. The summed E-state index contributed by atoms with van der Waals surface area (Å²) < 4.78 is 1.69. The van der Waals surface area contributed by atoms with Gasteiger partial charge in [0.2, 0.25) is 0 Å². The number of pyridine rings is 1. The second kappa shape index (κ2) is 4.61. The van der Waals surface area contributed by atoms with E-state index in [1.165, 1.54) is 11.3 Å². The Morgan fingerprint density at radius 2 is 2.13 bits per heavy atom. The van der Waals surface area contributed by atoms with Crippen LogP contribution in [0.4, 0.5) is 0 Å². The quantitative estimate of drug-likeness (QED) is 0.920. The summed E-state index contributed by atoms with van der Waals surface area (Å²) in [5.41, 5.74) is 6.90. The number of thiophene rings is 1. The van der Waals surface area contributed by atoms with Crippen LogP contribution in [0, 0.1) is 0 Å². The van der Waals surface area contributed by atoms with Crippen LogP contribution in [-0.4, -0.2) is 4.98 Å². The fourth-order valence-electron chi connectivity index (χ4n) is 1.21. The molecule has 1 atom stereocenters. The minimum Gasteiger partial charge on any atom is -0.318 e. The van der Waals surface area contributed by atoms with E-state index in [4.69, 9.17) is 17.3 Å². The molecular weight excluding hydrogens is 296 g/mol. The van der Waals surface area contributed by atoms with Gasteiger partial charge >= 0.3 is 0 Å².